The lowest BCUT2D eigenvalue weighted by Crippen LogP contribution is -2.16. The second kappa shape index (κ2) is 4.09. The van der Waals surface area contributed by atoms with Gasteiger partial charge in [-0.3, -0.25) is 0 Å². The summed E-state index contributed by atoms with van der Waals surface area (Å²) in [5.74, 6) is 1.04. The standard InChI is InChI=1S/C14H19N/c1-10-4-3-5-12(8-10)14-9-13(15)7-6-11(14)2/h5-9,11,14H,3-4,15H2,1-2H3. The molecule has 0 saturated carbocycles. The van der Waals surface area contributed by atoms with Crippen LogP contribution in [0, 0.1) is 11.8 Å². The van der Waals surface area contributed by atoms with Gasteiger partial charge in [-0.05, 0) is 37.3 Å². The Kier molecular flexibility index (Phi) is 2.81. The number of hydrogen-bond donors (Lipinski definition) is 1. The molecule has 1 nitrogen and oxygen atoms in total. The van der Waals surface area contributed by atoms with Crippen LogP contribution >= 0.6 is 0 Å². The van der Waals surface area contributed by atoms with E-state index in [1.165, 1.54) is 24.0 Å². The molecule has 0 aromatic carbocycles. The number of nitrogens with two attached hydrogens (primary N) is 1. The van der Waals surface area contributed by atoms with E-state index in [-0.39, 0.29) is 0 Å². The second-order valence-electron chi connectivity index (χ2n) is 4.64. The van der Waals surface area contributed by atoms with Crippen LogP contribution in [0.1, 0.15) is 26.7 Å². The minimum absolute atomic E-state index is 0.477. The second-order valence-corrected chi connectivity index (χ2v) is 4.64. The minimum Gasteiger partial charge on any atom is -0.399 e. The fraction of sp³-hybridized carbons (Fsp3) is 0.429. The van der Waals surface area contributed by atoms with Crippen LogP contribution in [-0.4, -0.2) is 0 Å². The van der Waals surface area contributed by atoms with Crippen molar-refractivity contribution in [3.63, 3.8) is 0 Å². The van der Waals surface area contributed by atoms with E-state index >= 15 is 0 Å². The van der Waals surface area contributed by atoms with E-state index in [9.17, 15) is 0 Å². The molecule has 2 aliphatic carbocycles. The molecule has 2 rings (SSSR count). The highest BCUT2D eigenvalue weighted by Gasteiger charge is 2.20. The van der Waals surface area contributed by atoms with E-state index in [0.29, 0.717) is 11.8 Å². The zero-order chi connectivity index (χ0) is 10.8. The van der Waals surface area contributed by atoms with Crippen LogP contribution in [0.5, 0.6) is 0 Å². The van der Waals surface area contributed by atoms with Crippen LogP contribution in [0.3, 0.4) is 0 Å². The molecule has 0 bridgehead atoms. The average molecular weight is 201 g/mol. The van der Waals surface area contributed by atoms with Crippen molar-refractivity contribution in [3.8, 4) is 0 Å². The van der Waals surface area contributed by atoms with Gasteiger partial charge in [0.05, 0.1) is 0 Å². The van der Waals surface area contributed by atoms with Crippen molar-refractivity contribution in [3.05, 3.63) is 47.2 Å². The summed E-state index contributed by atoms with van der Waals surface area (Å²) < 4.78 is 0. The van der Waals surface area contributed by atoms with Gasteiger partial charge in [0.2, 0.25) is 0 Å². The first-order chi connectivity index (χ1) is 7.16. The molecule has 0 aliphatic heterocycles. The summed E-state index contributed by atoms with van der Waals surface area (Å²) in [5, 5.41) is 0. The monoisotopic (exact) mass is 201 g/mol. The molecule has 2 unspecified atom stereocenters. The summed E-state index contributed by atoms with van der Waals surface area (Å²) in [6, 6.07) is 0. The molecule has 2 atom stereocenters. The van der Waals surface area contributed by atoms with Gasteiger partial charge < -0.3 is 5.73 Å². The summed E-state index contributed by atoms with van der Waals surface area (Å²) in [7, 11) is 0. The summed E-state index contributed by atoms with van der Waals surface area (Å²) in [6.45, 7) is 4.46. The van der Waals surface area contributed by atoms with Crippen molar-refractivity contribution in [2.75, 3.05) is 0 Å². The lowest BCUT2D eigenvalue weighted by Gasteiger charge is -2.25. The summed E-state index contributed by atoms with van der Waals surface area (Å²) in [5.41, 5.74) is 9.68. The van der Waals surface area contributed by atoms with Gasteiger partial charge in [0.15, 0.2) is 0 Å². The third-order valence-electron chi connectivity index (χ3n) is 3.25. The van der Waals surface area contributed by atoms with Crippen molar-refractivity contribution in [2.24, 2.45) is 17.6 Å². The zero-order valence-corrected chi connectivity index (χ0v) is 9.53. The van der Waals surface area contributed by atoms with Crippen molar-refractivity contribution >= 4 is 0 Å². The van der Waals surface area contributed by atoms with E-state index in [2.05, 4.69) is 38.2 Å². The van der Waals surface area contributed by atoms with Crippen LogP contribution in [-0.2, 0) is 0 Å². The molecule has 0 spiro atoms. The Morgan fingerprint density at radius 1 is 1.40 bits per heavy atom. The van der Waals surface area contributed by atoms with Gasteiger partial charge in [-0.25, -0.2) is 0 Å². The van der Waals surface area contributed by atoms with E-state index in [1.807, 2.05) is 6.08 Å². The Morgan fingerprint density at radius 3 is 2.93 bits per heavy atom. The lowest BCUT2D eigenvalue weighted by molar-refractivity contribution is 0.575. The first-order valence-electron chi connectivity index (χ1n) is 5.69. The van der Waals surface area contributed by atoms with Crippen LogP contribution < -0.4 is 5.73 Å². The van der Waals surface area contributed by atoms with Crippen molar-refractivity contribution in [1.82, 2.24) is 0 Å². The first kappa shape index (κ1) is 10.3. The van der Waals surface area contributed by atoms with Crippen molar-refractivity contribution in [2.45, 2.75) is 26.7 Å². The Morgan fingerprint density at radius 2 is 2.20 bits per heavy atom. The largest absolute Gasteiger partial charge is 0.399 e. The Hall–Kier alpha value is -1.24. The topological polar surface area (TPSA) is 26.0 Å². The van der Waals surface area contributed by atoms with E-state index in [1.54, 1.807) is 0 Å². The summed E-state index contributed by atoms with van der Waals surface area (Å²) in [4.78, 5) is 0. The Labute approximate surface area is 92.1 Å². The van der Waals surface area contributed by atoms with Crippen molar-refractivity contribution in [1.29, 1.82) is 0 Å². The molecule has 0 fully saturated rings. The molecule has 0 saturated heterocycles. The maximum Gasteiger partial charge on any atom is 0.0276 e. The van der Waals surface area contributed by atoms with E-state index in [0.717, 1.165) is 5.70 Å². The number of allylic oxidation sites excluding steroid dienone is 7. The molecular weight excluding hydrogens is 182 g/mol. The van der Waals surface area contributed by atoms with E-state index < -0.39 is 0 Å². The van der Waals surface area contributed by atoms with Gasteiger partial charge in [-0.15, -0.1) is 0 Å². The maximum atomic E-state index is 5.86. The number of rotatable bonds is 1. The quantitative estimate of drug-likeness (QED) is 0.692. The highest BCUT2D eigenvalue weighted by atomic mass is 14.6. The molecule has 2 aliphatic rings. The van der Waals surface area contributed by atoms with Crippen LogP contribution in [0.4, 0.5) is 0 Å². The van der Waals surface area contributed by atoms with Crippen molar-refractivity contribution < 1.29 is 0 Å². The number of hydrogen-bond acceptors (Lipinski definition) is 1. The lowest BCUT2D eigenvalue weighted by atomic mass is 9.80. The van der Waals surface area contributed by atoms with Gasteiger partial charge >= 0.3 is 0 Å². The highest BCUT2D eigenvalue weighted by molar-refractivity contribution is 5.37. The highest BCUT2D eigenvalue weighted by Crippen LogP contribution is 2.32. The molecule has 80 valence electrons. The fourth-order valence-corrected chi connectivity index (χ4v) is 2.31. The zero-order valence-electron chi connectivity index (χ0n) is 9.53. The van der Waals surface area contributed by atoms with Crippen LogP contribution in [0.15, 0.2) is 47.2 Å². The molecule has 2 N–H and O–H groups in total. The molecule has 15 heavy (non-hydrogen) atoms. The van der Waals surface area contributed by atoms with Crippen LogP contribution in [0.25, 0.3) is 0 Å². The summed E-state index contributed by atoms with van der Waals surface area (Å²) >= 11 is 0. The van der Waals surface area contributed by atoms with Gasteiger partial charge in [0.25, 0.3) is 0 Å². The Bertz CT molecular complexity index is 369. The average Bonchev–Trinajstić information content (AvgIpc) is 2.22. The normalized spacial score (nSPS) is 30.7. The fourth-order valence-electron chi connectivity index (χ4n) is 2.31. The summed E-state index contributed by atoms with van der Waals surface area (Å²) in [6.07, 6.45) is 13.5. The van der Waals surface area contributed by atoms with E-state index in [4.69, 9.17) is 5.73 Å². The predicted molar refractivity (Wildman–Crippen MR) is 65.1 cm³/mol. The third kappa shape index (κ3) is 2.23. The van der Waals surface area contributed by atoms with Gasteiger partial charge in [-0.2, -0.15) is 0 Å². The molecule has 0 amide bonds. The molecule has 0 aromatic heterocycles. The maximum absolute atomic E-state index is 5.86. The minimum atomic E-state index is 0.477. The van der Waals surface area contributed by atoms with Gasteiger partial charge in [0, 0.05) is 11.6 Å². The van der Waals surface area contributed by atoms with Crippen LogP contribution in [0.2, 0.25) is 0 Å². The SMILES string of the molecule is CC1=CC(C2C=C(N)C=CC2C)=CCC1. The molecule has 0 heterocycles. The first-order valence-corrected chi connectivity index (χ1v) is 5.69. The van der Waals surface area contributed by atoms with Gasteiger partial charge in [0.1, 0.15) is 0 Å². The van der Waals surface area contributed by atoms with Gasteiger partial charge in [-0.1, -0.05) is 36.8 Å². The molecule has 1 heteroatoms. The third-order valence-corrected chi connectivity index (χ3v) is 3.25. The Balaban J connectivity index is 2.24. The predicted octanol–water partition coefficient (Wildman–Crippen LogP) is 3.32. The molecular formula is C14H19N. The smallest absolute Gasteiger partial charge is 0.0276 e. The molecule has 0 aromatic rings. The molecule has 0 radical (unpaired) electrons.